The molecule has 1 aromatic carbocycles. The quantitative estimate of drug-likeness (QED) is 0.504. The van der Waals surface area contributed by atoms with Gasteiger partial charge in [-0.3, -0.25) is 9.69 Å². The maximum Gasteiger partial charge on any atom is 0.168 e. The summed E-state index contributed by atoms with van der Waals surface area (Å²) in [5.74, 6) is 2.61. The molecule has 2 fully saturated rings. The third-order valence-corrected chi connectivity index (χ3v) is 7.40. The number of Topliss-reactive ketones (excluding diaryl/α,β-unsaturated/α-hetero) is 1. The van der Waals surface area contributed by atoms with Crippen LogP contribution in [0.2, 0.25) is 0 Å². The molecule has 2 heteroatoms. The van der Waals surface area contributed by atoms with E-state index in [4.69, 9.17) is 0 Å². The van der Waals surface area contributed by atoms with Gasteiger partial charge in [-0.15, -0.1) is 0 Å². The lowest BCUT2D eigenvalue weighted by molar-refractivity contribution is 0.0809. The normalized spacial score (nSPS) is 26.5. The molecule has 0 radical (unpaired) electrons. The molecule has 0 amide bonds. The van der Waals surface area contributed by atoms with E-state index in [-0.39, 0.29) is 5.41 Å². The van der Waals surface area contributed by atoms with Crippen molar-refractivity contribution in [2.75, 3.05) is 13.1 Å². The van der Waals surface area contributed by atoms with Gasteiger partial charge in [-0.2, -0.15) is 0 Å². The third-order valence-electron chi connectivity index (χ3n) is 7.40. The molecule has 156 valence electrons. The highest BCUT2D eigenvalue weighted by molar-refractivity contribution is 6.00. The van der Waals surface area contributed by atoms with Gasteiger partial charge in [-0.1, -0.05) is 58.0 Å². The summed E-state index contributed by atoms with van der Waals surface area (Å²) < 4.78 is 0. The zero-order chi connectivity index (χ0) is 20.7. The lowest BCUT2D eigenvalue weighted by Gasteiger charge is -2.33. The first-order valence-electron chi connectivity index (χ1n) is 11.2. The van der Waals surface area contributed by atoms with Crippen molar-refractivity contribution in [1.29, 1.82) is 0 Å². The van der Waals surface area contributed by atoms with Crippen molar-refractivity contribution in [1.82, 2.24) is 4.90 Å². The molecule has 3 unspecified atom stereocenters. The Balaban J connectivity index is 1.55. The number of carbonyl (C=O) groups is 1. The Labute approximate surface area is 173 Å². The zero-order valence-corrected chi connectivity index (χ0v) is 19.2. The van der Waals surface area contributed by atoms with E-state index in [0.717, 1.165) is 23.8 Å². The highest BCUT2D eigenvalue weighted by Gasteiger charge is 2.51. The van der Waals surface area contributed by atoms with E-state index in [1.165, 1.54) is 32.4 Å². The van der Waals surface area contributed by atoms with Gasteiger partial charge in [0.2, 0.25) is 0 Å². The van der Waals surface area contributed by atoms with Crippen molar-refractivity contribution in [3.05, 3.63) is 35.9 Å². The Hall–Kier alpha value is -1.15. The highest BCUT2D eigenvalue weighted by Crippen LogP contribution is 2.58. The van der Waals surface area contributed by atoms with Crippen LogP contribution in [0.15, 0.2) is 30.3 Å². The summed E-state index contributed by atoms with van der Waals surface area (Å²) >= 11 is 0. The van der Waals surface area contributed by atoms with Crippen molar-refractivity contribution in [2.45, 2.75) is 79.7 Å². The molecule has 0 bridgehead atoms. The maximum absolute atomic E-state index is 13.0. The monoisotopic (exact) mass is 383 g/mol. The Morgan fingerprint density at radius 3 is 2.21 bits per heavy atom. The summed E-state index contributed by atoms with van der Waals surface area (Å²) in [6.07, 6.45) is 4.99. The molecule has 0 aromatic heterocycles. The number of hydrogen-bond donors (Lipinski definition) is 0. The van der Waals surface area contributed by atoms with Gasteiger partial charge >= 0.3 is 0 Å². The average Bonchev–Trinajstić information content (AvgIpc) is 3.20. The van der Waals surface area contributed by atoms with Crippen molar-refractivity contribution in [3.63, 3.8) is 0 Å². The molecule has 0 N–H and O–H groups in total. The Morgan fingerprint density at radius 1 is 1.00 bits per heavy atom. The summed E-state index contributed by atoms with van der Waals surface area (Å²) in [5.41, 5.74) is 1.27. The second kappa shape index (κ2) is 7.59. The van der Waals surface area contributed by atoms with E-state index in [1.54, 1.807) is 0 Å². The predicted octanol–water partition coefficient (Wildman–Crippen LogP) is 6.46. The standard InChI is InChI=1S/C26H41NO/c1-24(2,3)27-14-13-19(18-27)16-25(4,5)22-15-21(22)17-26(6,7)23(28)20-11-9-8-10-12-20/h8-12,19,21-22H,13-18H2,1-7H3. The minimum absolute atomic E-state index is 0.271. The van der Waals surface area contributed by atoms with E-state index in [1.807, 2.05) is 30.3 Å². The van der Waals surface area contributed by atoms with Gasteiger partial charge in [-0.05, 0) is 76.2 Å². The minimum Gasteiger partial charge on any atom is -0.298 e. The van der Waals surface area contributed by atoms with E-state index in [0.29, 0.717) is 22.7 Å². The first-order chi connectivity index (χ1) is 12.9. The molecule has 1 aromatic rings. The van der Waals surface area contributed by atoms with Crippen LogP contribution in [0.4, 0.5) is 0 Å². The number of likely N-dealkylation sites (tertiary alicyclic amines) is 1. The van der Waals surface area contributed by atoms with Crippen LogP contribution in [0, 0.1) is 28.6 Å². The van der Waals surface area contributed by atoms with Crippen molar-refractivity contribution >= 4 is 5.78 Å². The van der Waals surface area contributed by atoms with Gasteiger partial charge in [0, 0.05) is 23.1 Å². The molecule has 2 nitrogen and oxygen atoms in total. The molecular formula is C26H41NO. The minimum atomic E-state index is -0.271. The number of benzene rings is 1. The first kappa shape index (κ1) is 21.6. The second-order valence-corrected chi connectivity index (χ2v) is 11.8. The molecular weight excluding hydrogens is 342 g/mol. The summed E-state index contributed by atoms with van der Waals surface area (Å²) in [7, 11) is 0. The number of carbonyl (C=O) groups excluding carboxylic acids is 1. The molecule has 1 aliphatic carbocycles. The van der Waals surface area contributed by atoms with Crippen molar-refractivity contribution in [2.24, 2.45) is 28.6 Å². The summed E-state index contributed by atoms with van der Waals surface area (Å²) in [4.78, 5) is 15.6. The molecule has 3 rings (SSSR count). The van der Waals surface area contributed by atoms with Crippen LogP contribution in [0.1, 0.15) is 84.5 Å². The lowest BCUT2D eigenvalue weighted by Crippen LogP contribution is -2.39. The predicted molar refractivity (Wildman–Crippen MR) is 119 cm³/mol. The second-order valence-electron chi connectivity index (χ2n) is 11.8. The van der Waals surface area contributed by atoms with Gasteiger partial charge in [0.1, 0.15) is 0 Å². The Morgan fingerprint density at radius 2 is 1.64 bits per heavy atom. The van der Waals surface area contributed by atoms with E-state index in [2.05, 4.69) is 53.4 Å². The molecule has 1 heterocycles. The largest absolute Gasteiger partial charge is 0.298 e. The number of ketones is 1. The van der Waals surface area contributed by atoms with Crippen LogP contribution in [0.5, 0.6) is 0 Å². The first-order valence-corrected chi connectivity index (χ1v) is 11.2. The molecule has 1 saturated carbocycles. The SMILES string of the molecule is CC(C)(CC1CC1C(C)(C)CC1CCN(C(C)(C)C)C1)C(=O)c1ccccc1. The lowest BCUT2D eigenvalue weighted by atomic mass is 9.74. The van der Waals surface area contributed by atoms with Crippen molar-refractivity contribution in [3.8, 4) is 0 Å². The average molecular weight is 384 g/mol. The van der Waals surface area contributed by atoms with Crippen LogP contribution in [0.25, 0.3) is 0 Å². The fourth-order valence-electron chi connectivity index (χ4n) is 5.66. The molecule has 0 spiro atoms. The molecule has 3 atom stereocenters. The summed E-state index contributed by atoms with van der Waals surface area (Å²) in [6.45, 7) is 18.7. The zero-order valence-electron chi connectivity index (χ0n) is 19.2. The fourth-order valence-corrected chi connectivity index (χ4v) is 5.66. The van der Waals surface area contributed by atoms with Gasteiger partial charge in [0.25, 0.3) is 0 Å². The fraction of sp³-hybridized carbons (Fsp3) is 0.731. The van der Waals surface area contributed by atoms with E-state index >= 15 is 0 Å². The number of hydrogen-bond acceptors (Lipinski definition) is 2. The number of nitrogens with zero attached hydrogens (tertiary/aromatic N) is 1. The van der Waals surface area contributed by atoms with Gasteiger partial charge in [0.15, 0.2) is 5.78 Å². The maximum atomic E-state index is 13.0. The topological polar surface area (TPSA) is 20.3 Å². The molecule has 28 heavy (non-hydrogen) atoms. The summed E-state index contributed by atoms with van der Waals surface area (Å²) in [5, 5.41) is 0. The Kier molecular flexibility index (Phi) is 5.85. The van der Waals surface area contributed by atoms with Gasteiger partial charge in [-0.25, -0.2) is 0 Å². The molecule has 2 aliphatic rings. The van der Waals surface area contributed by atoms with Gasteiger partial charge in [0.05, 0.1) is 0 Å². The smallest absolute Gasteiger partial charge is 0.168 e. The summed E-state index contributed by atoms with van der Waals surface area (Å²) in [6, 6.07) is 9.83. The highest BCUT2D eigenvalue weighted by atomic mass is 16.1. The van der Waals surface area contributed by atoms with Crippen LogP contribution in [-0.2, 0) is 0 Å². The van der Waals surface area contributed by atoms with Crippen molar-refractivity contribution < 1.29 is 4.79 Å². The van der Waals surface area contributed by atoms with Crippen LogP contribution < -0.4 is 0 Å². The van der Waals surface area contributed by atoms with E-state index < -0.39 is 0 Å². The molecule has 1 aliphatic heterocycles. The van der Waals surface area contributed by atoms with E-state index in [9.17, 15) is 4.79 Å². The van der Waals surface area contributed by atoms with Gasteiger partial charge < -0.3 is 0 Å². The molecule has 1 saturated heterocycles. The van der Waals surface area contributed by atoms with Crippen LogP contribution >= 0.6 is 0 Å². The number of rotatable bonds is 7. The van der Waals surface area contributed by atoms with Crippen LogP contribution in [0.3, 0.4) is 0 Å². The van der Waals surface area contributed by atoms with Crippen LogP contribution in [-0.4, -0.2) is 29.3 Å². The third kappa shape index (κ3) is 4.87. The Bertz CT molecular complexity index is 682.